The minimum atomic E-state index is -0.816. The summed E-state index contributed by atoms with van der Waals surface area (Å²) in [6.07, 6.45) is 1.20. The van der Waals surface area contributed by atoms with Gasteiger partial charge in [0.05, 0.1) is 6.42 Å². The summed E-state index contributed by atoms with van der Waals surface area (Å²) in [5, 5.41) is 14.8. The van der Waals surface area contributed by atoms with Crippen molar-refractivity contribution in [2.45, 2.75) is 33.1 Å². The lowest BCUT2D eigenvalue weighted by Crippen LogP contribution is -2.19. The Balaban J connectivity index is 1.99. The molecule has 1 N–H and O–H groups in total. The first kappa shape index (κ1) is 13.7. The summed E-state index contributed by atoms with van der Waals surface area (Å²) in [4.78, 5) is 16.2. The molecule has 19 heavy (non-hydrogen) atoms. The van der Waals surface area contributed by atoms with Crippen molar-refractivity contribution in [3.05, 3.63) is 34.1 Å². The normalized spacial score (nSPS) is 11.7. The SMILES string of the molecule is CC(C)(CC(=O)O)Cc1nc(Cc2cccs2)no1. The summed E-state index contributed by atoms with van der Waals surface area (Å²) in [7, 11) is 0. The number of aromatic nitrogens is 2. The summed E-state index contributed by atoms with van der Waals surface area (Å²) in [5.41, 5.74) is -0.390. The van der Waals surface area contributed by atoms with Crippen LogP contribution in [0.25, 0.3) is 0 Å². The summed E-state index contributed by atoms with van der Waals surface area (Å²) in [6, 6.07) is 4.01. The molecule has 0 aliphatic carbocycles. The molecule has 6 heteroatoms. The zero-order chi connectivity index (χ0) is 13.9. The molecule has 0 saturated heterocycles. The van der Waals surface area contributed by atoms with Crippen LogP contribution in [0, 0.1) is 5.41 Å². The van der Waals surface area contributed by atoms with Gasteiger partial charge in [0.25, 0.3) is 0 Å². The maximum Gasteiger partial charge on any atom is 0.303 e. The highest BCUT2D eigenvalue weighted by atomic mass is 32.1. The Hall–Kier alpha value is -1.69. The number of carboxylic acids is 1. The molecule has 0 aliphatic rings. The first-order valence-corrected chi connectivity index (χ1v) is 6.88. The van der Waals surface area contributed by atoms with Gasteiger partial charge in [0, 0.05) is 17.7 Å². The van der Waals surface area contributed by atoms with Crippen LogP contribution in [0.3, 0.4) is 0 Å². The van der Waals surface area contributed by atoms with Gasteiger partial charge in [-0.3, -0.25) is 4.79 Å². The molecule has 0 radical (unpaired) electrons. The van der Waals surface area contributed by atoms with Crippen LogP contribution in [0.1, 0.15) is 36.9 Å². The fourth-order valence-electron chi connectivity index (χ4n) is 1.88. The fraction of sp³-hybridized carbons (Fsp3) is 0.462. The molecule has 0 amide bonds. The van der Waals surface area contributed by atoms with E-state index in [0.717, 1.165) is 0 Å². The van der Waals surface area contributed by atoms with E-state index in [0.29, 0.717) is 24.6 Å². The van der Waals surface area contributed by atoms with Crippen LogP contribution in [0.4, 0.5) is 0 Å². The van der Waals surface area contributed by atoms with E-state index in [1.165, 1.54) is 4.88 Å². The summed E-state index contributed by atoms with van der Waals surface area (Å²) in [5.74, 6) is 0.324. The largest absolute Gasteiger partial charge is 0.481 e. The van der Waals surface area contributed by atoms with Crippen molar-refractivity contribution in [1.29, 1.82) is 0 Å². The predicted octanol–water partition coefficient (Wildman–Crippen LogP) is 2.77. The molecule has 0 fully saturated rings. The van der Waals surface area contributed by atoms with Gasteiger partial charge in [-0.25, -0.2) is 0 Å². The van der Waals surface area contributed by atoms with Gasteiger partial charge in [0.15, 0.2) is 5.82 Å². The van der Waals surface area contributed by atoms with E-state index in [1.54, 1.807) is 11.3 Å². The number of carboxylic acid groups (broad SMARTS) is 1. The molecule has 0 unspecified atom stereocenters. The van der Waals surface area contributed by atoms with E-state index in [-0.39, 0.29) is 6.42 Å². The Morgan fingerprint density at radius 2 is 2.32 bits per heavy atom. The van der Waals surface area contributed by atoms with E-state index >= 15 is 0 Å². The Kier molecular flexibility index (Phi) is 3.99. The molecule has 0 aromatic carbocycles. The smallest absolute Gasteiger partial charge is 0.303 e. The second-order valence-electron chi connectivity index (χ2n) is 5.27. The van der Waals surface area contributed by atoms with Crippen molar-refractivity contribution in [2.75, 3.05) is 0 Å². The molecular weight excluding hydrogens is 264 g/mol. The first-order chi connectivity index (χ1) is 8.94. The average molecular weight is 280 g/mol. The van der Waals surface area contributed by atoms with Gasteiger partial charge in [0.1, 0.15) is 0 Å². The Bertz CT molecular complexity index is 546. The quantitative estimate of drug-likeness (QED) is 0.880. The van der Waals surface area contributed by atoms with Gasteiger partial charge >= 0.3 is 5.97 Å². The van der Waals surface area contributed by atoms with Crippen molar-refractivity contribution in [3.63, 3.8) is 0 Å². The third-order valence-electron chi connectivity index (χ3n) is 2.68. The standard InChI is InChI=1S/C13H16N2O3S/c1-13(2,8-12(16)17)7-11-14-10(15-18-11)6-9-4-3-5-19-9/h3-5H,6-8H2,1-2H3,(H,16,17). The average Bonchev–Trinajstić information content (AvgIpc) is 2.88. The maximum atomic E-state index is 10.8. The van der Waals surface area contributed by atoms with Crippen molar-refractivity contribution < 1.29 is 14.4 Å². The van der Waals surface area contributed by atoms with Gasteiger partial charge in [-0.1, -0.05) is 25.1 Å². The minimum absolute atomic E-state index is 0.0790. The maximum absolute atomic E-state index is 10.8. The number of nitrogens with zero attached hydrogens (tertiary/aromatic N) is 2. The third kappa shape index (κ3) is 4.17. The van der Waals surface area contributed by atoms with Gasteiger partial charge < -0.3 is 9.63 Å². The van der Waals surface area contributed by atoms with Crippen molar-refractivity contribution in [3.8, 4) is 0 Å². The van der Waals surface area contributed by atoms with E-state index in [1.807, 2.05) is 31.4 Å². The Morgan fingerprint density at radius 1 is 1.53 bits per heavy atom. The molecule has 0 bridgehead atoms. The van der Waals surface area contributed by atoms with Gasteiger partial charge in [-0.05, 0) is 16.9 Å². The molecular formula is C13H16N2O3S. The van der Waals surface area contributed by atoms with Crippen LogP contribution in [-0.4, -0.2) is 21.2 Å². The van der Waals surface area contributed by atoms with Gasteiger partial charge in [-0.15, -0.1) is 11.3 Å². The van der Waals surface area contributed by atoms with E-state index in [4.69, 9.17) is 9.63 Å². The monoisotopic (exact) mass is 280 g/mol. The van der Waals surface area contributed by atoms with Gasteiger partial charge in [-0.2, -0.15) is 4.98 Å². The van der Waals surface area contributed by atoms with E-state index in [2.05, 4.69) is 10.1 Å². The van der Waals surface area contributed by atoms with Crippen molar-refractivity contribution in [1.82, 2.24) is 10.1 Å². The molecule has 0 spiro atoms. The van der Waals surface area contributed by atoms with Crippen LogP contribution in [0.5, 0.6) is 0 Å². The number of aliphatic carboxylic acids is 1. The molecule has 102 valence electrons. The van der Waals surface area contributed by atoms with Crippen molar-refractivity contribution in [2.24, 2.45) is 5.41 Å². The fourth-order valence-corrected chi connectivity index (χ4v) is 2.59. The van der Waals surface area contributed by atoms with Crippen LogP contribution in [-0.2, 0) is 17.6 Å². The number of rotatable bonds is 6. The lowest BCUT2D eigenvalue weighted by molar-refractivity contribution is -0.139. The third-order valence-corrected chi connectivity index (χ3v) is 3.56. The topological polar surface area (TPSA) is 76.2 Å². The van der Waals surface area contributed by atoms with Gasteiger partial charge in [0.2, 0.25) is 5.89 Å². The number of hydrogen-bond donors (Lipinski definition) is 1. The van der Waals surface area contributed by atoms with Crippen LogP contribution in [0.15, 0.2) is 22.0 Å². The lowest BCUT2D eigenvalue weighted by Gasteiger charge is -2.19. The van der Waals surface area contributed by atoms with E-state index < -0.39 is 11.4 Å². The Labute approximate surface area is 115 Å². The van der Waals surface area contributed by atoms with Crippen LogP contribution >= 0.6 is 11.3 Å². The Morgan fingerprint density at radius 3 is 2.95 bits per heavy atom. The molecule has 5 nitrogen and oxygen atoms in total. The van der Waals surface area contributed by atoms with Crippen molar-refractivity contribution >= 4 is 17.3 Å². The highest BCUT2D eigenvalue weighted by molar-refractivity contribution is 7.09. The van der Waals surface area contributed by atoms with Crippen LogP contribution < -0.4 is 0 Å². The summed E-state index contributed by atoms with van der Waals surface area (Å²) in [6.45, 7) is 3.76. The predicted molar refractivity (Wildman–Crippen MR) is 71.2 cm³/mol. The number of hydrogen-bond acceptors (Lipinski definition) is 5. The second-order valence-corrected chi connectivity index (χ2v) is 6.30. The lowest BCUT2D eigenvalue weighted by atomic mass is 9.86. The second kappa shape index (κ2) is 5.52. The minimum Gasteiger partial charge on any atom is -0.481 e. The first-order valence-electron chi connectivity index (χ1n) is 6.00. The number of thiophene rings is 1. The summed E-state index contributed by atoms with van der Waals surface area (Å²) < 4.78 is 5.18. The molecule has 0 atom stereocenters. The van der Waals surface area contributed by atoms with E-state index in [9.17, 15) is 4.79 Å². The highest BCUT2D eigenvalue weighted by Gasteiger charge is 2.25. The molecule has 2 aromatic heterocycles. The zero-order valence-corrected chi connectivity index (χ0v) is 11.7. The summed E-state index contributed by atoms with van der Waals surface area (Å²) >= 11 is 1.65. The zero-order valence-electron chi connectivity index (χ0n) is 10.9. The van der Waals surface area contributed by atoms with Crippen LogP contribution in [0.2, 0.25) is 0 Å². The highest BCUT2D eigenvalue weighted by Crippen LogP contribution is 2.25. The molecule has 2 aromatic rings. The molecule has 2 heterocycles. The molecule has 2 rings (SSSR count). The number of carbonyl (C=O) groups is 1. The molecule has 0 aliphatic heterocycles. The molecule has 0 saturated carbocycles.